The number of benzene rings is 1. The molecule has 1 aromatic rings. The molecule has 4 nitrogen and oxygen atoms in total. The molecule has 1 fully saturated rings. The van der Waals surface area contributed by atoms with Gasteiger partial charge in [-0.3, -0.25) is 4.79 Å². The Kier molecular flexibility index (Phi) is 6.22. The van der Waals surface area contributed by atoms with Crippen molar-refractivity contribution in [3.8, 4) is 5.75 Å². The van der Waals surface area contributed by atoms with Crippen LogP contribution >= 0.6 is 0 Å². The zero-order chi connectivity index (χ0) is 16.7. The summed E-state index contributed by atoms with van der Waals surface area (Å²) in [5, 5.41) is 10.6. The molecule has 2 rings (SSSR count). The van der Waals surface area contributed by atoms with Gasteiger partial charge < -0.3 is 14.7 Å². The van der Waals surface area contributed by atoms with Crippen molar-refractivity contribution in [2.45, 2.75) is 50.7 Å². The van der Waals surface area contributed by atoms with Crippen molar-refractivity contribution in [2.24, 2.45) is 0 Å². The molecule has 0 spiro atoms. The summed E-state index contributed by atoms with van der Waals surface area (Å²) in [5.74, 6) is 0.789. The molecule has 1 aliphatic rings. The monoisotopic (exact) mass is 317 g/mol. The number of ether oxygens (including phenoxy) is 1. The average Bonchev–Trinajstić information content (AvgIpc) is 2.55. The van der Waals surface area contributed by atoms with E-state index in [1.807, 2.05) is 24.3 Å². The molecule has 1 N–H and O–H groups in total. The summed E-state index contributed by atoms with van der Waals surface area (Å²) in [4.78, 5) is 14.4. The number of methoxy groups -OCH3 is 1. The molecule has 1 aliphatic carbocycles. The van der Waals surface area contributed by atoms with Gasteiger partial charge in [-0.2, -0.15) is 0 Å². The Morgan fingerprint density at radius 2 is 1.96 bits per heavy atom. The van der Waals surface area contributed by atoms with Crippen LogP contribution in [0.15, 0.2) is 36.9 Å². The summed E-state index contributed by atoms with van der Waals surface area (Å²) in [6.45, 7) is 4.75. The predicted molar refractivity (Wildman–Crippen MR) is 91.3 cm³/mol. The lowest BCUT2D eigenvalue weighted by molar-refractivity contribution is -0.137. The number of carbonyl (C=O) groups excluding carboxylic acids is 1. The number of hydrogen-bond acceptors (Lipinski definition) is 3. The summed E-state index contributed by atoms with van der Waals surface area (Å²) < 4.78 is 5.15. The summed E-state index contributed by atoms with van der Waals surface area (Å²) in [6.07, 6.45) is 6.54. The van der Waals surface area contributed by atoms with Gasteiger partial charge in [0.1, 0.15) is 5.75 Å². The van der Waals surface area contributed by atoms with E-state index in [-0.39, 0.29) is 12.3 Å². The molecule has 1 saturated carbocycles. The minimum atomic E-state index is -0.825. The van der Waals surface area contributed by atoms with Crippen molar-refractivity contribution in [1.82, 2.24) is 4.90 Å². The fourth-order valence-corrected chi connectivity index (χ4v) is 3.14. The van der Waals surface area contributed by atoms with Gasteiger partial charge in [0.15, 0.2) is 0 Å². The van der Waals surface area contributed by atoms with E-state index in [4.69, 9.17) is 4.74 Å². The predicted octanol–water partition coefficient (Wildman–Crippen LogP) is 3.30. The maximum atomic E-state index is 12.6. The van der Waals surface area contributed by atoms with Crippen LogP contribution in [0.5, 0.6) is 5.75 Å². The number of rotatable bonds is 7. The number of aliphatic hydroxyl groups is 1. The smallest absolute Gasteiger partial charge is 0.226 e. The van der Waals surface area contributed by atoms with Crippen LogP contribution in [0.2, 0.25) is 0 Å². The largest absolute Gasteiger partial charge is 0.497 e. The third-order valence-corrected chi connectivity index (χ3v) is 4.50. The van der Waals surface area contributed by atoms with Crippen LogP contribution in [0.3, 0.4) is 0 Å². The SMILES string of the molecule is C=CCN(Cc1ccc(OC)cc1)C(=O)CC1(O)CCCCC1. The fourth-order valence-electron chi connectivity index (χ4n) is 3.14. The molecule has 1 amide bonds. The molecular weight excluding hydrogens is 290 g/mol. The van der Waals surface area contributed by atoms with E-state index in [0.717, 1.165) is 43.4 Å². The van der Waals surface area contributed by atoms with Crippen LogP contribution in [-0.2, 0) is 11.3 Å². The van der Waals surface area contributed by atoms with Gasteiger partial charge >= 0.3 is 0 Å². The van der Waals surface area contributed by atoms with Crippen LogP contribution in [0, 0.1) is 0 Å². The van der Waals surface area contributed by atoms with Crippen LogP contribution in [0.25, 0.3) is 0 Å². The first-order valence-electron chi connectivity index (χ1n) is 8.30. The Hall–Kier alpha value is -1.81. The maximum Gasteiger partial charge on any atom is 0.226 e. The van der Waals surface area contributed by atoms with Crippen molar-refractivity contribution in [2.75, 3.05) is 13.7 Å². The quantitative estimate of drug-likeness (QED) is 0.785. The summed E-state index contributed by atoms with van der Waals surface area (Å²) in [6, 6.07) is 7.69. The standard InChI is InChI=1S/C19H27NO3/c1-3-13-20(15-16-7-9-17(23-2)10-8-16)18(21)14-19(22)11-5-4-6-12-19/h3,7-10,22H,1,4-6,11-15H2,2H3. The van der Waals surface area contributed by atoms with Gasteiger partial charge in [0.05, 0.1) is 19.1 Å². The number of nitrogens with zero attached hydrogens (tertiary/aromatic N) is 1. The first-order valence-corrected chi connectivity index (χ1v) is 8.30. The molecule has 1 aromatic carbocycles. The molecule has 0 bridgehead atoms. The van der Waals surface area contributed by atoms with Crippen LogP contribution < -0.4 is 4.74 Å². The van der Waals surface area contributed by atoms with E-state index >= 15 is 0 Å². The van der Waals surface area contributed by atoms with Crippen LogP contribution in [-0.4, -0.2) is 35.2 Å². The van der Waals surface area contributed by atoms with E-state index in [0.29, 0.717) is 13.1 Å². The molecule has 0 saturated heterocycles. The number of amides is 1. The van der Waals surface area contributed by atoms with E-state index in [1.165, 1.54) is 0 Å². The normalized spacial score (nSPS) is 16.6. The topological polar surface area (TPSA) is 49.8 Å². The van der Waals surface area contributed by atoms with Gasteiger partial charge in [0.2, 0.25) is 5.91 Å². The Labute approximate surface area is 138 Å². The second-order valence-corrected chi connectivity index (χ2v) is 6.37. The molecule has 126 valence electrons. The lowest BCUT2D eigenvalue weighted by Gasteiger charge is -2.33. The van der Waals surface area contributed by atoms with E-state index in [2.05, 4.69) is 6.58 Å². The second-order valence-electron chi connectivity index (χ2n) is 6.37. The molecule has 0 atom stereocenters. The molecule has 0 unspecified atom stereocenters. The lowest BCUT2D eigenvalue weighted by Crippen LogP contribution is -2.40. The maximum absolute atomic E-state index is 12.6. The summed E-state index contributed by atoms with van der Waals surface area (Å²) in [5.41, 5.74) is 0.214. The Bertz CT molecular complexity index is 518. The van der Waals surface area contributed by atoms with Gasteiger partial charge in [0.25, 0.3) is 0 Å². The Morgan fingerprint density at radius 1 is 1.30 bits per heavy atom. The Morgan fingerprint density at radius 3 is 2.52 bits per heavy atom. The van der Waals surface area contributed by atoms with Gasteiger partial charge in [-0.05, 0) is 30.5 Å². The molecule has 0 aromatic heterocycles. The van der Waals surface area contributed by atoms with E-state index in [9.17, 15) is 9.90 Å². The van der Waals surface area contributed by atoms with Crippen molar-refractivity contribution in [3.63, 3.8) is 0 Å². The highest BCUT2D eigenvalue weighted by Crippen LogP contribution is 2.31. The minimum Gasteiger partial charge on any atom is -0.497 e. The van der Waals surface area contributed by atoms with Gasteiger partial charge in [-0.15, -0.1) is 6.58 Å². The lowest BCUT2D eigenvalue weighted by atomic mass is 9.82. The first-order chi connectivity index (χ1) is 11.1. The van der Waals surface area contributed by atoms with Crippen LogP contribution in [0.4, 0.5) is 0 Å². The van der Waals surface area contributed by atoms with E-state index in [1.54, 1.807) is 18.1 Å². The van der Waals surface area contributed by atoms with Crippen molar-refractivity contribution < 1.29 is 14.6 Å². The molecule has 23 heavy (non-hydrogen) atoms. The zero-order valence-corrected chi connectivity index (χ0v) is 14.0. The molecular formula is C19H27NO3. The first kappa shape index (κ1) is 17.5. The third kappa shape index (κ3) is 5.10. The average molecular weight is 317 g/mol. The van der Waals surface area contributed by atoms with Gasteiger partial charge in [0, 0.05) is 13.1 Å². The second kappa shape index (κ2) is 8.16. The molecule has 0 aliphatic heterocycles. The van der Waals surface area contributed by atoms with Crippen molar-refractivity contribution in [3.05, 3.63) is 42.5 Å². The van der Waals surface area contributed by atoms with Crippen LogP contribution in [0.1, 0.15) is 44.1 Å². The minimum absolute atomic E-state index is 0.00915. The highest BCUT2D eigenvalue weighted by molar-refractivity contribution is 5.77. The number of hydrogen-bond donors (Lipinski definition) is 1. The summed E-state index contributed by atoms with van der Waals surface area (Å²) >= 11 is 0. The number of carbonyl (C=O) groups is 1. The van der Waals surface area contributed by atoms with Gasteiger partial charge in [-0.1, -0.05) is 37.5 Å². The zero-order valence-electron chi connectivity index (χ0n) is 14.0. The molecule has 0 radical (unpaired) electrons. The van der Waals surface area contributed by atoms with Gasteiger partial charge in [-0.25, -0.2) is 0 Å². The fraction of sp³-hybridized carbons (Fsp3) is 0.526. The molecule has 4 heteroatoms. The van der Waals surface area contributed by atoms with Crippen molar-refractivity contribution in [1.29, 1.82) is 0 Å². The Balaban J connectivity index is 2.01. The third-order valence-electron chi connectivity index (χ3n) is 4.50. The molecule has 0 heterocycles. The van der Waals surface area contributed by atoms with E-state index < -0.39 is 5.60 Å². The highest BCUT2D eigenvalue weighted by Gasteiger charge is 2.33. The highest BCUT2D eigenvalue weighted by atomic mass is 16.5. The summed E-state index contributed by atoms with van der Waals surface area (Å²) in [7, 11) is 1.63. The van der Waals surface area contributed by atoms with Crippen molar-refractivity contribution >= 4 is 5.91 Å².